The molecule has 0 atom stereocenters. The molecule has 2 aliphatic heterocycles. The molecule has 1 amide bonds. The Hall–Kier alpha value is -2.69. The number of methoxy groups -OCH3 is 2. The molecule has 166 valence electrons. The van der Waals surface area contributed by atoms with E-state index in [1.54, 1.807) is 32.4 Å². The lowest BCUT2D eigenvalue weighted by Gasteiger charge is -2.20. The summed E-state index contributed by atoms with van der Waals surface area (Å²) in [6.07, 6.45) is 3.57. The Bertz CT molecular complexity index is 1250. The van der Waals surface area contributed by atoms with E-state index in [1.807, 2.05) is 30.7 Å². The molecule has 0 fully saturated rings. The quantitative estimate of drug-likeness (QED) is 0.625. The summed E-state index contributed by atoms with van der Waals surface area (Å²) in [5.74, 6) is 0.657. The van der Waals surface area contributed by atoms with E-state index in [0.717, 1.165) is 27.0 Å². The molecule has 0 aliphatic carbocycles. The third-order valence-electron chi connectivity index (χ3n) is 5.07. The first-order valence-corrected chi connectivity index (χ1v) is 11.9. The second kappa shape index (κ2) is 8.68. The van der Waals surface area contributed by atoms with Crippen molar-refractivity contribution in [2.24, 2.45) is 10.1 Å². The fourth-order valence-corrected chi connectivity index (χ4v) is 5.12. The van der Waals surface area contributed by atoms with E-state index in [0.29, 0.717) is 21.7 Å². The number of hydrogen-bond acceptors (Lipinski definition) is 7. The van der Waals surface area contributed by atoms with E-state index in [9.17, 15) is 4.79 Å². The Labute approximate surface area is 198 Å². The van der Waals surface area contributed by atoms with Gasteiger partial charge in [0, 0.05) is 17.5 Å². The van der Waals surface area contributed by atoms with Gasteiger partial charge in [0.25, 0.3) is 5.91 Å². The molecule has 32 heavy (non-hydrogen) atoms. The van der Waals surface area contributed by atoms with Gasteiger partial charge in [0.05, 0.1) is 30.5 Å². The minimum atomic E-state index is -0.457. The minimum absolute atomic E-state index is 0.00595. The summed E-state index contributed by atoms with van der Waals surface area (Å²) in [5, 5.41) is 15.1. The molecule has 0 unspecified atom stereocenters. The normalized spacial score (nSPS) is 16.9. The molecular formula is C21H20ClN5O3S2. The van der Waals surface area contributed by atoms with Gasteiger partial charge in [-0.1, -0.05) is 11.6 Å². The number of aromatic nitrogens is 1. The first-order valence-electron chi connectivity index (χ1n) is 9.44. The summed E-state index contributed by atoms with van der Waals surface area (Å²) >= 11 is 9.11. The SMILES string of the molecule is COc1cc(OC)c(-n2c(C)cc(C=C3C(=N)N4N=C(SC)SC4=NC3=O)c2C)cc1Cl. The summed E-state index contributed by atoms with van der Waals surface area (Å²) in [6.45, 7) is 3.88. The summed E-state index contributed by atoms with van der Waals surface area (Å²) in [7, 11) is 3.13. The standard InChI is InChI=1S/C21H20ClN5O3S2/c1-10-6-12(7-13-18(23)27-20(24-19(13)28)32-21(25-27)31-5)11(2)26(10)15-8-14(22)16(29-3)9-17(15)30-4/h6-9,23H,1-5H3. The van der Waals surface area contributed by atoms with E-state index in [2.05, 4.69) is 10.1 Å². The van der Waals surface area contributed by atoms with Gasteiger partial charge in [-0.05, 0) is 55.6 Å². The number of amides is 1. The van der Waals surface area contributed by atoms with Crippen molar-refractivity contribution in [2.75, 3.05) is 20.5 Å². The van der Waals surface area contributed by atoms with Crippen LogP contribution in [0.5, 0.6) is 11.5 Å². The molecule has 4 rings (SSSR count). The molecule has 2 aliphatic rings. The lowest BCUT2D eigenvalue weighted by atomic mass is 10.1. The number of carbonyl (C=O) groups is 1. The second-order valence-electron chi connectivity index (χ2n) is 6.91. The van der Waals surface area contributed by atoms with Crippen molar-refractivity contribution in [2.45, 2.75) is 13.8 Å². The van der Waals surface area contributed by atoms with E-state index < -0.39 is 5.91 Å². The van der Waals surface area contributed by atoms with Gasteiger partial charge in [-0.25, -0.2) is 0 Å². The van der Waals surface area contributed by atoms with Gasteiger partial charge in [-0.3, -0.25) is 10.2 Å². The predicted octanol–water partition coefficient (Wildman–Crippen LogP) is 4.70. The van der Waals surface area contributed by atoms with Crippen LogP contribution in [0.2, 0.25) is 5.02 Å². The van der Waals surface area contributed by atoms with Gasteiger partial charge >= 0.3 is 0 Å². The number of carbonyl (C=O) groups excluding carboxylic acids is 1. The molecule has 3 heterocycles. The molecule has 0 saturated heterocycles. The molecule has 0 bridgehead atoms. The van der Waals surface area contributed by atoms with Crippen LogP contribution in [0, 0.1) is 19.3 Å². The van der Waals surface area contributed by atoms with Crippen LogP contribution in [-0.2, 0) is 4.79 Å². The number of benzene rings is 1. The molecule has 1 aromatic carbocycles. The van der Waals surface area contributed by atoms with Gasteiger partial charge in [0.1, 0.15) is 11.5 Å². The highest BCUT2D eigenvalue weighted by Gasteiger charge is 2.35. The molecule has 1 aromatic heterocycles. The first-order chi connectivity index (χ1) is 15.3. The zero-order valence-corrected chi connectivity index (χ0v) is 20.4. The molecular weight excluding hydrogens is 470 g/mol. The highest BCUT2D eigenvalue weighted by Crippen LogP contribution is 2.37. The van der Waals surface area contributed by atoms with Crippen molar-refractivity contribution < 1.29 is 14.3 Å². The number of aryl methyl sites for hydroxylation is 1. The molecule has 0 saturated carbocycles. The molecule has 11 heteroatoms. The number of amidine groups is 2. The zero-order valence-electron chi connectivity index (χ0n) is 18.0. The van der Waals surface area contributed by atoms with E-state index >= 15 is 0 Å². The van der Waals surface area contributed by atoms with Crippen molar-refractivity contribution in [1.29, 1.82) is 5.41 Å². The Morgan fingerprint density at radius 2 is 1.91 bits per heavy atom. The smallest absolute Gasteiger partial charge is 0.283 e. The highest BCUT2D eigenvalue weighted by atomic mass is 35.5. The number of rotatable bonds is 4. The highest BCUT2D eigenvalue weighted by molar-refractivity contribution is 8.45. The first kappa shape index (κ1) is 22.5. The number of fused-ring (bicyclic) bond motifs is 1. The van der Waals surface area contributed by atoms with Crippen LogP contribution in [0.25, 0.3) is 11.8 Å². The van der Waals surface area contributed by atoms with E-state index in [-0.39, 0.29) is 11.4 Å². The summed E-state index contributed by atoms with van der Waals surface area (Å²) in [4.78, 5) is 16.8. The van der Waals surface area contributed by atoms with Crippen LogP contribution in [-0.4, -0.2) is 51.3 Å². The van der Waals surface area contributed by atoms with Crippen molar-refractivity contribution in [3.8, 4) is 17.2 Å². The Kier molecular flexibility index (Phi) is 6.11. The third-order valence-corrected chi connectivity index (χ3v) is 7.25. The number of halogens is 1. The van der Waals surface area contributed by atoms with Crippen LogP contribution in [0.3, 0.4) is 0 Å². The molecule has 1 N–H and O–H groups in total. The maximum atomic E-state index is 12.7. The fourth-order valence-electron chi connectivity index (χ4n) is 3.54. The van der Waals surface area contributed by atoms with E-state index in [4.69, 9.17) is 26.5 Å². The number of thioether (sulfide) groups is 2. The second-order valence-corrected chi connectivity index (χ2v) is 9.33. The van der Waals surface area contributed by atoms with Crippen molar-refractivity contribution in [3.05, 3.63) is 45.7 Å². The number of nitrogens with one attached hydrogen (secondary N) is 1. The summed E-state index contributed by atoms with van der Waals surface area (Å²) < 4.78 is 13.6. The summed E-state index contributed by atoms with van der Waals surface area (Å²) in [6, 6.07) is 5.45. The van der Waals surface area contributed by atoms with Gasteiger partial charge in [-0.2, -0.15) is 10.0 Å². The van der Waals surface area contributed by atoms with Gasteiger partial charge < -0.3 is 14.0 Å². The topological polar surface area (TPSA) is 92.3 Å². The van der Waals surface area contributed by atoms with Crippen molar-refractivity contribution in [1.82, 2.24) is 9.58 Å². The molecule has 8 nitrogen and oxygen atoms in total. The lowest BCUT2D eigenvalue weighted by Crippen LogP contribution is -2.35. The van der Waals surface area contributed by atoms with Gasteiger partial charge in [-0.15, -0.1) is 16.9 Å². The molecule has 0 spiro atoms. The van der Waals surface area contributed by atoms with Crippen LogP contribution >= 0.6 is 35.1 Å². The number of aliphatic imine (C=N–C) groups is 1. The maximum Gasteiger partial charge on any atom is 0.283 e. The predicted molar refractivity (Wildman–Crippen MR) is 132 cm³/mol. The van der Waals surface area contributed by atoms with Crippen LogP contribution < -0.4 is 9.47 Å². The van der Waals surface area contributed by atoms with Crippen LogP contribution in [0.15, 0.2) is 33.9 Å². The van der Waals surface area contributed by atoms with Gasteiger partial charge in [0.2, 0.25) is 5.17 Å². The van der Waals surface area contributed by atoms with Crippen LogP contribution in [0.1, 0.15) is 17.0 Å². The number of hydrazone groups is 1. The monoisotopic (exact) mass is 489 g/mol. The van der Waals surface area contributed by atoms with Crippen LogP contribution in [0.4, 0.5) is 0 Å². The Balaban J connectivity index is 1.79. The Morgan fingerprint density at radius 1 is 1.19 bits per heavy atom. The summed E-state index contributed by atoms with van der Waals surface area (Å²) in [5.41, 5.74) is 3.47. The average Bonchev–Trinajstić information content (AvgIpc) is 3.31. The zero-order chi connectivity index (χ0) is 23.2. The third kappa shape index (κ3) is 3.72. The minimum Gasteiger partial charge on any atom is -0.495 e. The van der Waals surface area contributed by atoms with Crippen molar-refractivity contribution in [3.63, 3.8) is 0 Å². The number of hydrogen-bond donors (Lipinski definition) is 1. The molecule has 0 radical (unpaired) electrons. The largest absolute Gasteiger partial charge is 0.495 e. The molecule has 2 aromatic rings. The fraction of sp³-hybridized carbons (Fsp3) is 0.238. The van der Waals surface area contributed by atoms with Crippen molar-refractivity contribution >= 4 is 62.5 Å². The lowest BCUT2D eigenvalue weighted by molar-refractivity contribution is -0.114. The van der Waals surface area contributed by atoms with Gasteiger partial charge in [0.15, 0.2) is 10.2 Å². The Morgan fingerprint density at radius 3 is 2.56 bits per heavy atom. The average molecular weight is 490 g/mol. The maximum absolute atomic E-state index is 12.7. The van der Waals surface area contributed by atoms with E-state index in [1.165, 1.54) is 28.5 Å². The number of ether oxygens (including phenoxy) is 2. The number of nitrogens with zero attached hydrogens (tertiary/aromatic N) is 4.